The zero-order valence-electron chi connectivity index (χ0n) is 8.50. The standard InChI is InChI=1S/C11H11F2N3/c12-9-3-1-2-8(10(9)13)11-15-6-7(16-11)4-5-14/h1-3,6H,4-5,14H2,(H,15,16). The first-order valence-corrected chi connectivity index (χ1v) is 4.90. The quantitative estimate of drug-likeness (QED) is 0.834. The van der Waals surface area contributed by atoms with Crippen molar-refractivity contribution in [2.75, 3.05) is 6.54 Å². The Kier molecular flexibility index (Phi) is 2.96. The third kappa shape index (κ3) is 1.94. The first-order valence-electron chi connectivity index (χ1n) is 4.90. The minimum atomic E-state index is -0.892. The third-order valence-corrected chi connectivity index (χ3v) is 2.25. The van der Waals surface area contributed by atoms with E-state index in [1.807, 2.05) is 0 Å². The lowest BCUT2D eigenvalue weighted by Gasteiger charge is -1.99. The van der Waals surface area contributed by atoms with Crippen LogP contribution in [0.3, 0.4) is 0 Å². The number of rotatable bonds is 3. The van der Waals surface area contributed by atoms with Gasteiger partial charge in [0.05, 0.1) is 5.56 Å². The van der Waals surface area contributed by atoms with Gasteiger partial charge in [-0.3, -0.25) is 0 Å². The van der Waals surface area contributed by atoms with E-state index in [2.05, 4.69) is 9.97 Å². The number of H-pyrrole nitrogens is 1. The lowest BCUT2D eigenvalue weighted by molar-refractivity contribution is 0.510. The minimum Gasteiger partial charge on any atom is -0.342 e. The van der Waals surface area contributed by atoms with Crippen molar-refractivity contribution in [3.8, 4) is 11.4 Å². The van der Waals surface area contributed by atoms with Crippen molar-refractivity contribution in [1.82, 2.24) is 9.97 Å². The highest BCUT2D eigenvalue weighted by Crippen LogP contribution is 2.21. The number of hydrogen-bond donors (Lipinski definition) is 2. The van der Waals surface area contributed by atoms with Crippen molar-refractivity contribution in [3.63, 3.8) is 0 Å². The van der Waals surface area contributed by atoms with Crippen LogP contribution in [0.25, 0.3) is 11.4 Å². The van der Waals surface area contributed by atoms with Crippen molar-refractivity contribution < 1.29 is 8.78 Å². The van der Waals surface area contributed by atoms with E-state index in [1.165, 1.54) is 12.1 Å². The molecule has 3 N–H and O–H groups in total. The lowest BCUT2D eigenvalue weighted by Crippen LogP contribution is -2.02. The molecule has 0 atom stereocenters. The Morgan fingerprint density at radius 1 is 1.31 bits per heavy atom. The first-order chi connectivity index (χ1) is 7.72. The fraction of sp³-hybridized carbons (Fsp3) is 0.182. The van der Waals surface area contributed by atoms with E-state index < -0.39 is 11.6 Å². The molecule has 1 aromatic carbocycles. The summed E-state index contributed by atoms with van der Waals surface area (Å²) in [5.74, 6) is -1.45. The van der Waals surface area contributed by atoms with Crippen molar-refractivity contribution in [2.45, 2.75) is 6.42 Å². The summed E-state index contributed by atoms with van der Waals surface area (Å²) in [4.78, 5) is 6.89. The number of imidazole rings is 1. The summed E-state index contributed by atoms with van der Waals surface area (Å²) in [5.41, 5.74) is 6.32. The summed E-state index contributed by atoms with van der Waals surface area (Å²) < 4.78 is 26.4. The van der Waals surface area contributed by atoms with Crippen LogP contribution in [0.5, 0.6) is 0 Å². The predicted octanol–water partition coefficient (Wildman–Crippen LogP) is 1.86. The first kappa shape index (κ1) is 10.8. The zero-order valence-corrected chi connectivity index (χ0v) is 8.50. The van der Waals surface area contributed by atoms with Crippen LogP contribution in [0.15, 0.2) is 24.4 Å². The molecular formula is C11H11F2N3. The molecule has 1 heterocycles. The van der Waals surface area contributed by atoms with E-state index >= 15 is 0 Å². The molecule has 0 bridgehead atoms. The largest absolute Gasteiger partial charge is 0.342 e. The number of benzene rings is 1. The summed E-state index contributed by atoms with van der Waals surface area (Å²) in [6, 6.07) is 3.99. The molecule has 0 fully saturated rings. The molecule has 3 nitrogen and oxygen atoms in total. The highest BCUT2D eigenvalue weighted by atomic mass is 19.2. The van der Waals surface area contributed by atoms with E-state index in [-0.39, 0.29) is 5.56 Å². The van der Waals surface area contributed by atoms with Crippen LogP contribution < -0.4 is 5.73 Å². The maximum Gasteiger partial charge on any atom is 0.169 e. The number of halogens is 2. The Morgan fingerprint density at radius 3 is 2.88 bits per heavy atom. The topological polar surface area (TPSA) is 54.7 Å². The predicted molar refractivity (Wildman–Crippen MR) is 56.7 cm³/mol. The highest BCUT2D eigenvalue weighted by Gasteiger charge is 2.12. The smallest absolute Gasteiger partial charge is 0.169 e. The molecule has 16 heavy (non-hydrogen) atoms. The van der Waals surface area contributed by atoms with Gasteiger partial charge in [0.1, 0.15) is 5.82 Å². The summed E-state index contributed by atoms with van der Waals surface area (Å²) in [6.07, 6.45) is 2.20. The zero-order chi connectivity index (χ0) is 11.5. The minimum absolute atomic E-state index is 0.128. The lowest BCUT2D eigenvalue weighted by atomic mass is 10.2. The van der Waals surface area contributed by atoms with Gasteiger partial charge in [0.15, 0.2) is 11.6 Å². The maximum absolute atomic E-state index is 13.4. The second kappa shape index (κ2) is 4.40. The third-order valence-electron chi connectivity index (χ3n) is 2.25. The maximum atomic E-state index is 13.4. The van der Waals surface area contributed by atoms with Gasteiger partial charge in [-0.1, -0.05) is 6.07 Å². The summed E-state index contributed by atoms with van der Waals surface area (Å²) in [6.45, 7) is 0.479. The molecule has 0 unspecified atom stereocenters. The summed E-state index contributed by atoms with van der Waals surface area (Å²) in [5, 5.41) is 0. The van der Waals surface area contributed by atoms with Crippen molar-refractivity contribution >= 4 is 0 Å². The Morgan fingerprint density at radius 2 is 2.12 bits per heavy atom. The van der Waals surface area contributed by atoms with Crippen LogP contribution in [0.4, 0.5) is 8.78 Å². The van der Waals surface area contributed by atoms with Crippen LogP contribution in [0.1, 0.15) is 5.69 Å². The average Bonchev–Trinajstić information content (AvgIpc) is 2.71. The van der Waals surface area contributed by atoms with Crippen LogP contribution in [-0.2, 0) is 6.42 Å². The fourth-order valence-corrected chi connectivity index (χ4v) is 1.47. The molecule has 2 aromatic rings. The van der Waals surface area contributed by atoms with Gasteiger partial charge >= 0.3 is 0 Å². The molecule has 0 saturated carbocycles. The van der Waals surface area contributed by atoms with E-state index in [0.717, 1.165) is 11.8 Å². The van der Waals surface area contributed by atoms with Gasteiger partial charge in [-0.2, -0.15) is 0 Å². The molecule has 0 saturated heterocycles. The van der Waals surface area contributed by atoms with Gasteiger partial charge in [0, 0.05) is 18.3 Å². The van der Waals surface area contributed by atoms with Gasteiger partial charge < -0.3 is 10.7 Å². The number of nitrogens with one attached hydrogen (secondary N) is 1. The Bertz CT molecular complexity index is 494. The highest BCUT2D eigenvalue weighted by molar-refractivity contribution is 5.56. The molecule has 0 aliphatic rings. The van der Waals surface area contributed by atoms with Crippen LogP contribution in [0, 0.1) is 11.6 Å². The number of hydrogen-bond acceptors (Lipinski definition) is 2. The Balaban J connectivity index is 2.39. The molecule has 2 rings (SSSR count). The van der Waals surface area contributed by atoms with E-state index in [1.54, 1.807) is 6.20 Å². The SMILES string of the molecule is NCCc1cnc(-c2cccc(F)c2F)[nH]1. The molecule has 0 amide bonds. The Labute approximate surface area is 91.3 Å². The molecule has 84 valence electrons. The summed E-state index contributed by atoms with van der Waals surface area (Å²) in [7, 11) is 0. The molecule has 5 heteroatoms. The van der Waals surface area contributed by atoms with Gasteiger partial charge in [-0.25, -0.2) is 13.8 Å². The second-order valence-corrected chi connectivity index (χ2v) is 3.40. The van der Waals surface area contributed by atoms with Gasteiger partial charge in [-0.15, -0.1) is 0 Å². The fourth-order valence-electron chi connectivity index (χ4n) is 1.47. The second-order valence-electron chi connectivity index (χ2n) is 3.40. The number of aromatic nitrogens is 2. The molecule has 1 aromatic heterocycles. The van der Waals surface area contributed by atoms with Gasteiger partial charge in [0.25, 0.3) is 0 Å². The normalized spacial score (nSPS) is 10.7. The van der Waals surface area contributed by atoms with E-state index in [9.17, 15) is 8.78 Å². The molecule has 0 aliphatic heterocycles. The molecule has 0 spiro atoms. The van der Waals surface area contributed by atoms with Crippen molar-refractivity contribution in [1.29, 1.82) is 0 Å². The number of aromatic amines is 1. The van der Waals surface area contributed by atoms with Crippen LogP contribution in [-0.4, -0.2) is 16.5 Å². The Hall–Kier alpha value is -1.75. The average molecular weight is 223 g/mol. The van der Waals surface area contributed by atoms with Crippen LogP contribution in [0.2, 0.25) is 0 Å². The molecular weight excluding hydrogens is 212 g/mol. The summed E-state index contributed by atoms with van der Waals surface area (Å²) >= 11 is 0. The van der Waals surface area contributed by atoms with Crippen LogP contribution >= 0.6 is 0 Å². The van der Waals surface area contributed by atoms with Gasteiger partial charge in [-0.05, 0) is 18.7 Å². The number of nitrogens with two attached hydrogens (primary N) is 1. The van der Waals surface area contributed by atoms with Crippen molar-refractivity contribution in [3.05, 3.63) is 41.7 Å². The van der Waals surface area contributed by atoms with E-state index in [0.29, 0.717) is 18.8 Å². The van der Waals surface area contributed by atoms with E-state index in [4.69, 9.17) is 5.73 Å². The number of nitrogens with zero attached hydrogens (tertiary/aromatic N) is 1. The molecule has 0 radical (unpaired) electrons. The van der Waals surface area contributed by atoms with Crippen molar-refractivity contribution in [2.24, 2.45) is 5.73 Å². The molecule has 0 aliphatic carbocycles. The van der Waals surface area contributed by atoms with Gasteiger partial charge in [0.2, 0.25) is 0 Å². The monoisotopic (exact) mass is 223 g/mol.